The first kappa shape index (κ1) is 16.6. The second-order valence-corrected chi connectivity index (χ2v) is 8.00. The van der Waals surface area contributed by atoms with E-state index in [1.807, 2.05) is 42.3 Å². The summed E-state index contributed by atoms with van der Waals surface area (Å²) < 4.78 is 0. The molecule has 0 aromatic heterocycles. The van der Waals surface area contributed by atoms with E-state index in [1.54, 1.807) is 0 Å². The van der Waals surface area contributed by atoms with E-state index in [9.17, 15) is 9.59 Å². The fraction of sp³-hybridized carbons (Fsp3) is 0.867. The predicted octanol–water partition coefficient (Wildman–Crippen LogP) is 0.798. The number of hydrogen-bond acceptors (Lipinski definition) is 4. The van der Waals surface area contributed by atoms with Gasteiger partial charge in [0.15, 0.2) is 0 Å². The van der Waals surface area contributed by atoms with Crippen LogP contribution in [0.25, 0.3) is 0 Å². The average molecular weight is 313 g/mol. The molecule has 2 rings (SSSR count). The molecule has 0 aromatic carbocycles. The van der Waals surface area contributed by atoms with Gasteiger partial charge in [0.05, 0.1) is 0 Å². The lowest BCUT2D eigenvalue weighted by molar-refractivity contribution is -0.145. The normalized spacial score (nSPS) is 24.0. The molecule has 0 aliphatic carbocycles. The van der Waals surface area contributed by atoms with Gasteiger partial charge >= 0.3 is 0 Å². The van der Waals surface area contributed by atoms with E-state index in [4.69, 9.17) is 0 Å². The molecule has 2 fully saturated rings. The van der Waals surface area contributed by atoms with Crippen LogP contribution in [-0.4, -0.2) is 71.9 Å². The second kappa shape index (κ2) is 7.01. The Morgan fingerprint density at radius 1 is 1.14 bits per heavy atom. The Balaban J connectivity index is 1.78. The van der Waals surface area contributed by atoms with Gasteiger partial charge in [-0.3, -0.25) is 9.59 Å². The summed E-state index contributed by atoms with van der Waals surface area (Å²) in [5.41, 5.74) is -0.338. The molecule has 2 heterocycles. The van der Waals surface area contributed by atoms with E-state index >= 15 is 0 Å². The molecular formula is C15H27N3O2S. The second-order valence-electron chi connectivity index (χ2n) is 6.85. The number of carbonyl (C=O) groups is 2. The molecule has 0 radical (unpaired) electrons. The molecule has 0 spiro atoms. The molecule has 0 aromatic rings. The lowest BCUT2D eigenvalue weighted by atomic mass is 9.94. The van der Waals surface area contributed by atoms with Crippen molar-refractivity contribution in [2.24, 2.45) is 5.41 Å². The van der Waals surface area contributed by atoms with Gasteiger partial charge in [-0.25, -0.2) is 0 Å². The first-order chi connectivity index (χ1) is 9.88. The molecule has 120 valence electrons. The SMILES string of the molecule is CC(C)(C)C(=O)N1CCN(C(=O)CC2CSCCN2)CC1. The van der Waals surface area contributed by atoms with E-state index in [-0.39, 0.29) is 17.2 Å². The smallest absolute Gasteiger partial charge is 0.228 e. The van der Waals surface area contributed by atoms with Crippen LogP contribution in [0.5, 0.6) is 0 Å². The minimum Gasteiger partial charge on any atom is -0.339 e. The molecule has 5 nitrogen and oxygen atoms in total. The number of nitrogens with zero attached hydrogens (tertiary/aromatic N) is 2. The molecule has 2 saturated heterocycles. The number of rotatable bonds is 2. The summed E-state index contributed by atoms with van der Waals surface area (Å²) in [5.74, 6) is 2.56. The average Bonchev–Trinajstić information content (AvgIpc) is 2.46. The first-order valence-corrected chi connectivity index (χ1v) is 8.91. The van der Waals surface area contributed by atoms with Gasteiger partial charge in [0.1, 0.15) is 0 Å². The molecule has 0 bridgehead atoms. The van der Waals surface area contributed by atoms with Crippen molar-refractivity contribution in [3.8, 4) is 0 Å². The Bertz CT molecular complexity index is 381. The summed E-state index contributed by atoms with van der Waals surface area (Å²) in [5, 5.41) is 3.40. The van der Waals surface area contributed by atoms with Crippen molar-refractivity contribution in [3.63, 3.8) is 0 Å². The van der Waals surface area contributed by atoms with Crippen LogP contribution in [0.1, 0.15) is 27.2 Å². The van der Waals surface area contributed by atoms with Crippen LogP contribution < -0.4 is 5.32 Å². The quantitative estimate of drug-likeness (QED) is 0.819. The predicted molar refractivity (Wildman–Crippen MR) is 86.3 cm³/mol. The van der Waals surface area contributed by atoms with Gasteiger partial charge in [0, 0.05) is 62.1 Å². The van der Waals surface area contributed by atoms with Gasteiger partial charge in [0.25, 0.3) is 0 Å². The standard InChI is InChI=1S/C15H27N3O2S/c1-15(2,3)14(20)18-7-5-17(6-8-18)13(19)10-12-11-21-9-4-16-12/h12,16H,4-11H2,1-3H3. The summed E-state index contributed by atoms with van der Waals surface area (Å²) in [7, 11) is 0. The van der Waals surface area contributed by atoms with Crippen molar-refractivity contribution in [1.82, 2.24) is 15.1 Å². The molecule has 2 aliphatic heterocycles. The maximum absolute atomic E-state index is 12.3. The topological polar surface area (TPSA) is 52.7 Å². The van der Waals surface area contributed by atoms with Gasteiger partial charge in [-0.05, 0) is 0 Å². The first-order valence-electron chi connectivity index (χ1n) is 7.76. The Hall–Kier alpha value is -0.750. The van der Waals surface area contributed by atoms with Gasteiger partial charge in [0.2, 0.25) is 11.8 Å². The van der Waals surface area contributed by atoms with Crippen LogP contribution >= 0.6 is 11.8 Å². The molecular weight excluding hydrogens is 286 g/mol. The number of piperazine rings is 1. The van der Waals surface area contributed by atoms with Crippen LogP contribution in [-0.2, 0) is 9.59 Å². The number of thioether (sulfide) groups is 1. The molecule has 1 unspecified atom stereocenters. The van der Waals surface area contributed by atoms with Crippen LogP contribution in [0.4, 0.5) is 0 Å². The van der Waals surface area contributed by atoms with E-state index in [0.717, 1.165) is 18.1 Å². The van der Waals surface area contributed by atoms with Crippen molar-refractivity contribution in [2.75, 3.05) is 44.2 Å². The summed E-state index contributed by atoms with van der Waals surface area (Å²) in [4.78, 5) is 28.3. The highest BCUT2D eigenvalue weighted by Gasteiger charge is 2.31. The molecule has 2 aliphatic rings. The lowest BCUT2D eigenvalue weighted by Gasteiger charge is -2.38. The highest BCUT2D eigenvalue weighted by Crippen LogP contribution is 2.19. The van der Waals surface area contributed by atoms with Gasteiger partial charge in [-0.15, -0.1) is 0 Å². The van der Waals surface area contributed by atoms with E-state index in [0.29, 0.717) is 38.6 Å². The van der Waals surface area contributed by atoms with Crippen LogP contribution in [0.3, 0.4) is 0 Å². The summed E-state index contributed by atoms with van der Waals surface area (Å²) >= 11 is 1.91. The zero-order valence-electron chi connectivity index (χ0n) is 13.4. The van der Waals surface area contributed by atoms with Crippen LogP contribution in [0, 0.1) is 5.41 Å². The van der Waals surface area contributed by atoms with Gasteiger partial charge in [-0.1, -0.05) is 20.8 Å². The third kappa shape index (κ3) is 4.61. The Morgan fingerprint density at radius 3 is 2.29 bits per heavy atom. The molecule has 6 heteroatoms. The van der Waals surface area contributed by atoms with Crippen molar-refractivity contribution in [2.45, 2.75) is 33.2 Å². The third-order valence-electron chi connectivity index (χ3n) is 3.98. The maximum atomic E-state index is 12.3. The van der Waals surface area contributed by atoms with E-state index < -0.39 is 0 Å². The highest BCUT2D eigenvalue weighted by atomic mass is 32.2. The zero-order valence-corrected chi connectivity index (χ0v) is 14.2. The summed E-state index contributed by atoms with van der Waals surface area (Å²) in [6, 6.07) is 0.311. The minimum atomic E-state index is -0.338. The van der Waals surface area contributed by atoms with Gasteiger partial charge in [-0.2, -0.15) is 11.8 Å². The van der Waals surface area contributed by atoms with E-state index in [1.165, 1.54) is 0 Å². The van der Waals surface area contributed by atoms with Crippen molar-refractivity contribution < 1.29 is 9.59 Å². The molecule has 21 heavy (non-hydrogen) atoms. The third-order valence-corrected chi connectivity index (χ3v) is 5.11. The molecule has 2 amide bonds. The van der Waals surface area contributed by atoms with Crippen LogP contribution in [0.15, 0.2) is 0 Å². The fourth-order valence-electron chi connectivity index (χ4n) is 2.72. The Morgan fingerprint density at radius 2 is 1.76 bits per heavy atom. The highest BCUT2D eigenvalue weighted by molar-refractivity contribution is 7.99. The molecule has 1 atom stereocenters. The Kier molecular flexibility index (Phi) is 5.54. The summed E-state index contributed by atoms with van der Waals surface area (Å²) in [6.45, 7) is 9.48. The summed E-state index contributed by atoms with van der Waals surface area (Å²) in [6.07, 6.45) is 0.584. The number of carbonyl (C=O) groups excluding carboxylic acids is 2. The van der Waals surface area contributed by atoms with Crippen molar-refractivity contribution in [1.29, 1.82) is 0 Å². The van der Waals surface area contributed by atoms with Crippen LogP contribution in [0.2, 0.25) is 0 Å². The van der Waals surface area contributed by atoms with Crippen molar-refractivity contribution >= 4 is 23.6 Å². The zero-order chi connectivity index (χ0) is 15.5. The maximum Gasteiger partial charge on any atom is 0.228 e. The molecule has 0 saturated carbocycles. The molecule has 1 N–H and O–H groups in total. The lowest BCUT2D eigenvalue weighted by Crippen LogP contribution is -2.54. The Labute approximate surface area is 131 Å². The minimum absolute atomic E-state index is 0.181. The number of hydrogen-bond donors (Lipinski definition) is 1. The largest absolute Gasteiger partial charge is 0.339 e. The fourth-order valence-corrected chi connectivity index (χ4v) is 3.67. The van der Waals surface area contributed by atoms with Gasteiger partial charge < -0.3 is 15.1 Å². The number of amides is 2. The van der Waals surface area contributed by atoms with E-state index in [2.05, 4.69) is 5.32 Å². The van der Waals surface area contributed by atoms with Crippen molar-refractivity contribution in [3.05, 3.63) is 0 Å². The monoisotopic (exact) mass is 313 g/mol. The number of nitrogens with one attached hydrogen (secondary N) is 1.